The van der Waals surface area contributed by atoms with Crippen LogP contribution in [0.5, 0.6) is 0 Å². The Hall–Kier alpha value is -1.92. The number of morpholine rings is 1. The highest BCUT2D eigenvalue weighted by Crippen LogP contribution is 2.27. The van der Waals surface area contributed by atoms with Crippen molar-refractivity contribution < 1.29 is 19.4 Å². The Kier molecular flexibility index (Phi) is 6.19. The number of ether oxygens (including phenoxy) is 1. The minimum absolute atomic E-state index is 0.0136. The molecule has 6 heteroatoms. The van der Waals surface area contributed by atoms with Gasteiger partial charge in [0, 0.05) is 25.2 Å². The molecule has 1 heterocycles. The summed E-state index contributed by atoms with van der Waals surface area (Å²) in [5.41, 5.74) is 1.65. The molecule has 25 heavy (non-hydrogen) atoms. The summed E-state index contributed by atoms with van der Waals surface area (Å²) in [6.45, 7) is 8.23. The first-order chi connectivity index (χ1) is 11.7. The minimum atomic E-state index is -0.870. The molecule has 1 aliphatic rings. The van der Waals surface area contributed by atoms with Crippen molar-refractivity contribution in [2.75, 3.05) is 39.8 Å². The largest absolute Gasteiger partial charge is 0.480 e. The number of rotatable bonds is 5. The smallest absolute Gasteiger partial charge is 0.317 e. The van der Waals surface area contributed by atoms with Crippen LogP contribution in [-0.2, 0) is 14.9 Å². The lowest BCUT2D eigenvalue weighted by Gasteiger charge is -2.35. The molecule has 1 saturated heterocycles. The fourth-order valence-electron chi connectivity index (χ4n) is 3.15. The van der Waals surface area contributed by atoms with Gasteiger partial charge in [0.1, 0.15) is 0 Å². The quantitative estimate of drug-likeness (QED) is 0.879. The second-order valence-electron chi connectivity index (χ2n) is 7.63. The summed E-state index contributed by atoms with van der Waals surface area (Å²) in [5.74, 6) is -0.856. The van der Waals surface area contributed by atoms with Crippen molar-refractivity contribution in [3.8, 4) is 0 Å². The molecule has 1 aliphatic heterocycles. The molecule has 6 nitrogen and oxygen atoms in total. The molecule has 1 unspecified atom stereocenters. The number of amides is 1. The topological polar surface area (TPSA) is 70.1 Å². The van der Waals surface area contributed by atoms with E-state index in [0.29, 0.717) is 26.2 Å². The van der Waals surface area contributed by atoms with Gasteiger partial charge in [0.2, 0.25) is 0 Å². The zero-order valence-corrected chi connectivity index (χ0v) is 15.5. The van der Waals surface area contributed by atoms with E-state index < -0.39 is 5.97 Å². The maximum atomic E-state index is 13.0. The molecule has 1 fully saturated rings. The van der Waals surface area contributed by atoms with E-state index >= 15 is 0 Å². The lowest BCUT2D eigenvalue weighted by molar-refractivity contribution is -0.138. The van der Waals surface area contributed by atoms with Crippen molar-refractivity contribution in [2.24, 2.45) is 0 Å². The molecule has 1 aromatic rings. The molecule has 0 aromatic heterocycles. The van der Waals surface area contributed by atoms with E-state index in [9.17, 15) is 9.59 Å². The van der Waals surface area contributed by atoms with Gasteiger partial charge in [-0.3, -0.25) is 14.5 Å². The van der Waals surface area contributed by atoms with Gasteiger partial charge in [-0.25, -0.2) is 0 Å². The first-order valence-electron chi connectivity index (χ1n) is 8.59. The number of hydrogen-bond acceptors (Lipinski definition) is 4. The maximum Gasteiger partial charge on any atom is 0.317 e. The first-order valence-corrected chi connectivity index (χ1v) is 8.59. The Morgan fingerprint density at radius 1 is 1.32 bits per heavy atom. The van der Waals surface area contributed by atoms with Crippen molar-refractivity contribution in [1.29, 1.82) is 0 Å². The van der Waals surface area contributed by atoms with E-state index in [1.165, 1.54) is 0 Å². The molecule has 1 aromatic carbocycles. The van der Waals surface area contributed by atoms with E-state index in [4.69, 9.17) is 9.84 Å². The van der Waals surface area contributed by atoms with Crippen LogP contribution in [0, 0.1) is 0 Å². The fraction of sp³-hybridized carbons (Fsp3) is 0.579. The summed E-state index contributed by atoms with van der Waals surface area (Å²) in [4.78, 5) is 27.3. The average molecular weight is 348 g/mol. The second kappa shape index (κ2) is 7.97. The van der Waals surface area contributed by atoms with Gasteiger partial charge in [-0.1, -0.05) is 39.0 Å². The molecule has 0 bridgehead atoms. The highest BCUT2D eigenvalue weighted by molar-refractivity contribution is 5.96. The number of nitrogens with zero attached hydrogens (tertiary/aromatic N) is 2. The molecule has 138 valence electrons. The molecule has 1 amide bonds. The van der Waals surface area contributed by atoms with Crippen molar-refractivity contribution in [1.82, 2.24) is 9.80 Å². The number of benzene rings is 1. The highest BCUT2D eigenvalue weighted by Gasteiger charge is 2.29. The van der Waals surface area contributed by atoms with Crippen molar-refractivity contribution in [3.63, 3.8) is 0 Å². The average Bonchev–Trinajstić information content (AvgIpc) is 2.52. The SMILES string of the molecule is CN(CC(=O)O)CC1CN(C(=O)c2ccccc2C(C)(C)C)CCO1. The van der Waals surface area contributed by atoms with Crippen molar-refractivity contribution >= 4 is 11.9 Å². The predicted molar refractivity (Wildman–Crippen MR) is 95.9 cm³/mol. The summed E-state index contributed by atoms with van der Waals surface area (Å²) in [7, 11) is 1.74. The number of carbonyl (C=O) groups is 2. The molecule has 1 N–H and O–H groups in total. The summed E-state index contributed by atoms with van der Waals surface area (Å²) in [6.07, 6.45) is -0.177. The van der Waals surface area contributed by atoms with Crippen LogP contribution in [0.1, 0.15) is 36.7 Å². The van der Waals surface area contributed by atoms with Gasteiger partial charge in [0.15, 0.2) is 0 Å². The molecule has 0 spiro atoms. The van der Waals surface area contributed by atoms with Crippen LogP contribution in [0.4, 0.5) is 0 Å². The van der Waals surface area contributed by atoms with E-state index in [1.54, 1.807) is 11.9 Å². The van der Waals surface area contributed by atoms with Gasteiger partial charge < -0.3 is 14.7 Å². The van der Waals surface area contributed by atoms with E-state index in [1.807, 2.05) is 29.2 Å². The Balaban J connectivity index is 2.09. The standard InChI is InChI=1S/C19H28N2O4/c1-19(2,3)16-8-6-5-7-15(16)18(24)21-9-10-25-14(12-21)11-20(4)13-17(22)23/h5-8,14H,9-13H2,1-4H3,(H,22,23). The number of carboxylic acid groups (broad SMARTS) is 1. The Labute approximate surface area is 149 Å². The third-order valence-corrected chi connectivity index (χ3v) is 4.31. The fourth-order valence-corrected chi connectivity index (χ4v) is 3.15. The zero-order chi connectivity index (χ0) is 18.6. The maximum absolute atomic E-state index is 13.0. The molecule has 0 radical (unpaired) electrons. The molecular formula is C19H28N2O4. The third-order valence-electron chi connectivity index (χ3n) is 4.31. The first kappa shape index (κ1) is 19.4. The van der Waals surface area contributed by atoms with E-state index in [-0.39, 0.29) is 24.0 Å². The van der Waals surface area contributed by atoms with Gasteiger partial charge in [0.05, 0.1) is 19.3 Å². The molecule has 0 aliphatic carbocycles. The number of hydrogen-bond donors (Lipinski definition) is 1. The van der Waals surface area contributed by atoms with Crippen LogP contribution in [0.15, 0.2) is 24.3 Å². The van der Waals surface area contributed by atoms with Crippen molar-refractivity contribution in [2.45, 2.75) is 32.3 Å². The molecule has 2 rings (SSSR count). The van der Waals surface area contributed by atoms with Gasteiger partial charge in [-0.15, -0.1) is 0 Å². The van der Waals surface area contributed by atoms with Gasteiger partial charge in [-0.05, 0) is 24.1 Å². The van der Waals surface area contributed by atoms with Gasteiger partial charge >= 0.3 is 5.97 Å². The third kappa shape index (κ3) is 5.28. The lowest BCUT2D eigenvalue weighted by atomic mass is 9.83. The molecule has 0 saturated carbocycles. The molecule has 1 atom stereocenters. The normalized spacial score (nSPS) is 18.4. The van der Waals surface area contributed by atoms with E-state index in [2.05, 4.69) is 20.8 Å². The zero-order valence-electron chi connectivity index (χ0n) is 15.5. The van der Waals surface area contributed by atoms with Crippen LogP contribution in [0.3, 0.4) is 0 Å². The van der Waals surface area contributed by atoms with Crippen molar-refractivity contribution in [3.05, 3.63) is 35.4 Å². The predicted octanol–water partition coefficient (Wildman–Crippen LogP) is 1.84. The molecular weight excluding hydrogens is 320 g/mol. The Bertz CT molecular complexity index is 624. The van der Waals surface area contributed by atoms with Crippen LogP contribution >= 0.6 is 0 Å². The summed E-state index contributed by atoms with van der Waals surface area (Å²) in [6, 6.07) is 7.73. The minimum Gasteiger partial charge on any atom is -0.480 e. The Morgan fingerprint density at radius 2 is 2.00 bits per heavy atom. The summed E-state index contributed by atoms with van der Waals surface area (Å²) in [5, 5.41) is 8.86. The van der Waals surface area contributed by atoms with Crippen LogP contribution < -0.4 is 0 Å². The summed E-state index contributed by atoms with van der Waals surface area (Å²) >= 11 is 0. The Morgan fingerprint density at radius 3 is 2.64 bits per heavy atom. The number of likely N-dealkylation sites (N-methyl/N-ethyl adjacent to an activating group) is 1. The van der Waals surface area contributed by atoms with Gasteiger partial charge in [-0.2, -0.15) is 0 Å². The van der Waals surface area contributed by atoms with Crippen LogP contribution in [0.25, 0.3) is 0 Å². The number of aliphatic carboxylic acids is 1. The van der Waals surface area contributed by atoms with Crippen LogP contribution in [-0.4, -0.2) is 72.7 Å². The monoisotopic (exact) mass is 348 g/mol. The number of carboxylic acids is 1. The van der Waals surface area contributed by atoms with Crippen LogP contribution in [0.2, 0.25) is 0 Å². The number of carbonyl (C=O) groups excluding carboxylic acids is 1. The lowest BCUT2D eigenvalue weighted by Crippen LogP contribution is -2.49. The highest BCUT2D eigenvalue weighted by atomic mass is 16.5. The van der Waals surface area contributed by atoms with Gasteiger partial charge in [0.25, 0.3) is 5.91 Å². The summed E-state index contributed by atoms with van der Waals surface area (Å²) < 4.78 is 5.72. The van der Waals surface area contributed by atoms with E-state index in [0.717, 1.165) is 11.1 Å². The second-order valence-corrected chi connectivity index (χ2v) is 7.63.